The van der Waals surface area contributed by atoms with Gasteiger partial charge in [-0.1, -0.05) is 0 Å². The van der Waals surface area contributed by atoms with Gasteiger partial charge in [0.05, 0.1) is 0 Å². The number of pyridine rings is 1. The zero-order valence-electron chi connectivity index (χ0n) is 9.51. The Bertz CT molecular complexity index is 381. The van der Waals surface area contributed by atoms with E-state index in [1.807, 2.05) is 12.1 Å². The van der Waals surface area contributed by atoms with E-state index in [2.05, 4.69) is 15.6 Å². The number of amides is 2. The fourth-order valence-electron chi connectivity index (χ4n) is 1.18. The zero-order chi connectivity index (χ0) is 12.7. The van der Waals surface area contributed by atoms with Crippen molar-refractivity contribution in [2.24, 2.45) is 0 Å². The standard InChI is InChI=1S/C11H15N3O3/c1-8(10(15)16)14-11(17)13-7-4-9-2-5-12-6-3-9/h2-3,5-6,8H,4,7H2,1H3,(H,15,16)(H2,13,14,17). The first-order valence-electron chi connectivity index (χ1n) is 5.25. The number of aliphatic carboxylic acids is 1. The van der Waals surface area contributed by atoms with Crippen molar-refractivity contribution in [3.63, 3.8) is 0 Å². The number of hydrogen-bond acceptors (Lipinski definition) is 3. The van der Waals surface area contributed by atoms with Gasteiger partial charge in [-0.2, -0.15) is 0 Å². The molecule has 0 saturated heterocycles. The second-order valence-electron chi connectivity index (χ2n) is 3.57. The number of carboxylic acid groups (broad SMARTS) is 1. The summed E-state index contributed by atoms with van der Waals surface area (Å²) in [4.78, 5) is 25.6. The molecule has 0 aliphatic rings. The van der Waals surface area contributed by atoms with Crippen LogP contribution in [-0.2, 0) is 11.2 Å². The summed E-state index contributed by atoms with van der Waals surface area (Å²) in [6.07, 6.45) is 4.04. The first-order valence-corrected chi connectivity index (χ1v) is 5.25. The zero-order valence-corrected chi connectivity index (χ0v) is 9.51. The van der Waals surface area contributed by atoms with E-state index in [0.717, 1.165) is 5.56 Å². The first-order chi connectivity index (χ1) is 8.09. The molecule has 0 bridgehead atoms. The molecule has 92 valence electrons. The molecule has 6 heteroatoms. The average molecular weight is 237 g/mol. The third-order valence-electron chi connectivity index (χ3n) is 2.17. The van der Waals surface area contributed by atoms with Gasteiger partial charge in [-0.05, 0) is 31.0 Å². The van der Waals surface area contributed by atoms with Crippen LogP contribution in [-0.4, -0.2) is 34.7 Å². The normalized spacial score (nSPS) is 11.6. The highest BCUT2D eigenvalue weighted by atomic mass is 16.4. The van der Waals surface area contributed by atoms with Gasteiger partial charge in [-0.25, -0.2) is 4.79 Å². The molecule has 0 aliphatic carbocycles. The lowest BCUT2D eigenvalue weighted by Gasteiger charge is -2.10. The van der Waals surface area contributed by atoms with Crippen molar-refractivity contribution in [2.75, 3.05) is 6.54 Å². The van der Waals surface area contributed by atoms with E-state index in [4.69, 9.17) is 5.11 Å². The molecule has 3 N–H and O–H groups in total. The maximum atomic E-state index is 11.3. The number of nitrogens with zero attached hydrogens (tertiary/aromatic N) is 1. The van der Waals surface area contributed by atoms with Crippen LogP contribution in [0.3, 0.4) is 0 Å². The molecule has 1 aromatic heterocycles. The molecule has 0 spiro atoms. The van der Waals surface area contributed by atoms with Crippen molar-refractivity contribution < 1.29 is 14.7 Å². The largest absolute Gasteiger partial charge is 0.480 e. The van der Waals surface area contributed by atoms with Crippen LogP contribution < -0.4 is 10.6 Å². The Morgan fingerprint density at radius 2 is 2.06 bits per heavy atom. The minimum atomic E-state index is -1.06. The number of hydrogen-bond donors (Lipinski definition) is 3. The van der Waals surface area contributed by atoms with Gasteiger partial charge in [-0.3, -0.25) is 9.78 Å². The van der Waals surface area contributed by atoms with Crippen LogP contribution in [0.15, 0.2) is 24.5 Å². The SMILES string of the molecule is CC(NC(=O)NCCc1ccncc1)C(=O)O. The Morgan fingerprint density at radius 1 is 1.41 bits per heavy atom. The molecule has 2 amide bonds. The molecule has 0 radical (unpaired) electrons. The highest BCUT2D eigenvalue weighted by Crippen LogP contribution is 1.95. The first kappa shape index (κ1) is 13.0. The second kappa shape index (κ2) is 6.47. The molecule has 0 fully saturated rings. The number of rotatable bonds is 5. The van der Waals surface area contributed by atoms with Crippen LogP contribution in [0, 0.1) is 0 Å². The van der Waals surface area contributed by atoms with Crippen LogP contribution in [0.25, 0.3) is 0 Å². The van der Waals surface area contributed by atoms with Gasteiger partial charge in [0, 0.05) is 18.9 Å². The fraction of sp³-hybridized carbons (Fsp3) is 0.364. The molecule has 1 atom stereocenters. The Morgan fingerprint density at radius 3 is 2.65 bits per heavy atom. The highest BCUT2D eigenvalue weighted by molar-refractivity contribution is 5.82. The molecule has 0 aliphatic heterocycles. The molecule has 17 heavy (non-hydrogen) atoms. The van der Waals surface area contributed by atoms with Crippen LogP contribution in [0.5, 0.6) is 0 Å². The predicted octanol–water partition coefficient (Wildman–Crippen LogP) is 0.396. The molecule has 0 saturated carbocycles. The van der Waals surface area contributed by atoms with Gasteiger partial charge in [0.15, 0.2) is 0 Å². The van der Waals surface area contributed by atoms with Crippen molar-refractivity contribution in [2.45, 2.75) is 19.4 Å². The summed E-state index contributed by atoms with van der Waals surface area (Å²) >= 11 is 0. The van der Waals surface area contributed by atoms with E-state index < -0.39 is 18.0 Å². The third-order valence-corrected chi connectivity index (χ3v) is 2.17. The van der Waals surface area contributed by atoms with Gasteiger partial charge in [0.1, 0.15) is 6.04 Å². The number of carbonyl (C=O) groups is 2. The van der Waals surface area contributed by atoms with Crippen molar-refractivity contribution >= 4 is 12.0 Å². The van der Waals surface area contributed by atoms with E-state index in [1.54, 1.807) is 12.4 Å². The number of urea groups is 1. The number of aromatic nitrogens is 1. The van der Waals surface area contributed by atoms with Crippen LogP contribution in [0.1, 0.15) is 12.5 Å². The minimum absolute atomic E-state index is 0.447. The molecule has 1 heterocycles. The summed E-state index contributed by atoms with van der Waals surface area (Å²) in [5, 5.41) is 13.5. The third kappa shape index (κ3) is 4.96. The highest BCUT2D eigenvalue weighted by Gasteiger charge is 2.12. The lowest BCUT2D eigenvalue weighted by Crippen LogP contribution is -2.44. The van der Waals surface area contributed by atoms with Crippen molar-refractivity contribution in [3.8, 4) is 0 Å². The van der Waals surface area contributed by atoms with Crippen molar-refractivity contribution in [1.82, 2.24) is 15.6 Å². The van der Waals surface area contributed by atoms with Gasteiger partial charge >= 0.3 is 12.0 Å². The Hall–Kier alpha value is -2.11. The molecule has 1 aromatic rings. The lowest BCUT2D eigenvalue weighted by molar-refractivity contribution is -0.138. The van der Waals surface area contributed by atoms with E-state index in [9.17, 15) is 9.59 Å². The van der Waals surface area contributed by atoms with E-state index >= 15 is 0 Å². The van der Waals surface area contributed by atoms with Crippen LogP contribution in [0.2, 0.25) is 0 Å². The number of carbonyl (C=O) groups excluding carboxylic acids is 1. The number of carboxylic acids is 1. The van der Waals surface area contributed by atoms with Crippen LogP contribution in [0.4, 0.5) is 4.79 Å². The number of nitrogens with one attached hydrogen (secondary N) is 2. The van der Waals surface area contributed by atoms with Gasteiger partial charge < -0.3 is 15.7 Å². The maximum absolute atomic E-state index is 11.3. The predicted molar refractivity (Wildman–Crippen MR) is 61.6 cm³/mol. The van der Waals surface area contributed by atoms with Crippen molar-refractivity contribution in [3.05, 3.63) is 30.1 Å². The van der Waals surface area contributed by atoms with E-state index in [-0.39, 0.29) is 0 Å². The topological polar surface area (TPSA) is 91.3 Å². The summed E-state index contributed by atoms with van der Waals surface area (Å²) < 4.78 is 0. The summed E-state index contributed by atoms with van der Waals surface area (Å²) in [5.74, 6) is -1.06. The van der Waals surface area contributed by atoms with Crippen LogP contribution >= 0.6 is 0 Å². The smallest absolute Gasteiger partial charge is 0.325 e. The van der Waals surface area contributed by atoms with E-state index in [1.165, 1.54) is 6.92 Å². The molecule has 0 aromatic carbocycles. The molecule has 1 rings (SSSR count). The monoisotopic (exact) mass is 237 g/mol. The molecule has 6 nitrogen and oxygen atoms in total. The van der Waals surface area contributed by atoms with E-state index in [0.29, 0.717) is 13.0 Å². The summed E-state index contributed by atoms with van der Waals surface area (Å²) in [7, 11) is 0. The quantitative estimate of drug-likeness (QED) is 0.691. The average Bonchev–Trinajstić information content (AvgIpc) is 2.30. The summed E-state index contributed by atoms with van der Waals surface area (Å²) in [6, 6.07) is 2.35. The Labute approximate surface area is 99.1 Å². The molecular weight excluding hydrogens is 222 g/mol. The molecule has 1 unspecified atom stereocenters. The Balaban J connectivity index is 2.23. The minimum Gasteiger partial charge on any atom is -0.480 e. The second-order valence-corrected chi connectivity index (χ2v) is 3.57. The van der Waals surface area contributed by atoms with Gasteiger partial charge in [-0.15, -0.1) is 0 Å². The molecular formula is C11H15N3O3. The van der Waals surface area contributed by atoms with Gasteiger partial charge in [0.25, 0.3) is 0 Å². The summed E-state index contributed by atoms with van der Waals surface area (Å²) in [5.41, 5.74) is 1.06. The summed E-state index contributed by atoms with van der Waals surface area (Å²) in [6.45, 7) is 1.85. The fourth-order valence-corrected chi connectivity index (χ4v) is 1.18. The lowest BCUT2D eigenvalue weighted by atomic mass is 10.2. The Kier molecular flexibility index (Phi) is 4.93. The van der Waals surface area contributed by atoms with Gasteiger partial charge in [0.2, 0.25) is 0 Å². The van der Waals surface area contributed by atoms with Crippen molar-refractivity contribution in [1.29, 1.82) is 0 Å². The maximum Gasteiger partial charge on any atom is 0.325 e.